The monoisotopic (exact) mass is 285 g/mol. The lowest BCUT2D eigenvalue weighted by Gasteiger charge is -2.34. The predicted molar refractivity (Wildman–Crippen MR) is 82.0 cm³/mol. The van der Waals surface area contributed by atoms with Crippen molar-refractivity contribution in [3.8, 4) is 0 Å². The molecule has 1 aliphatic heterocycles. The SMILES string of the molecule is CN(C)C(C)(C)CNC1CCN(C(=O)OC(C)(C)C)C1. The van der Waals surface area contributed by atoms with E-state index in [1.54, 1.807) is 4.90 Å². The summed E-state index contributed by atoms with van der Waals surface area (Å²) in [6.07, 6.45) is 0.789. The molecule has 0 aromatic carbocycles. The quantitative estimate of drug-likeness (QED) is 0.857. The number of carbonyl (C=O) groups excluding carboxylic acids is 1. The van der Waals surface area contributed by atoms with Crippen LogP contribution in [-0.4, -0.2) is 66.8 Å². The number of likely N-dealkylation sites (N-methyl/N-ethyl adjacent to an activating group) is 1. The van der Waals surface area contributed by atoms with Crippen LogP contribution in [0.5, 0.6) is 0 Å². The second-order valence-corrected chi connectivity index (χ2v) is 7.50. The summed E-state index contributed by atoms with van der Waals surface area (Å²) in [7, 11) is 4.17. The van der Waals surface area contributed by atoms with E-state index in [1.807, 2.05) is 20.8 Å². The maximum absolute atomic E-state index is 12.0. The van der Waals surface area contributed by atoms with E-state index < -0.39 is 5.60 Å². The molecular formula is C15H31N3O2. The van der Waals surface area contributed by atoms with Gasteiger partial charge >= 0.3 is 6.09 Å². The van der Waals surface area contributed by atoms with Crippen molar-refractivity contribution >= 4 is 6.09 Å². The van der Waals surface area contributed by atoms with E-state index in [1.165, 1.54) is 0 Å². The lowest BCUT2D eigenvalue weighted by Crippen LogP contribution is -2.49. The molecule has 0 aromatic rings. The summed E-state index contributed by atoms with van der Waals surface area (Å²) in [4.78, 5) is 16.0. The summed E-state index contributed by atoms with van der Waals surface area (Å²) in [6.45, 7) is 12.5. The van der Waals surface area contributed by atoms with E-state index in [4.69, 9.17) is 4.74 Å². The molecule has 1 N–H and O–H groups in total. The fourth-order valence-electron chi connectivity index (χ4n) is 1.97. The molecule has 5 nitrogen and oxygen atoms in total. The molecule has 1 saturated heterocycles. The first-order valence-corrected chi connectivity index (χ1v) is 7.40. The highest BCUT2D eigenvalue weighted by atomic mass is 16.6. The van der Waals surface area contributed by atoms with Crippen LogP contribution in [-0.2, 0) is 4.74 Å². The topological polar surface area (TPSA) is 44.8 Å². The Hall–Kier alpha value is -0.810. The number of ether oxygens (including phenoxy) is 1. The van der Waals surface area contributed by atoms with Crippen molar-refractivity contribution in [2.75, 3.05) is 33.7 Å². The van der Waals surface area contributed by atoms with E-state index >= 15 is 0 Å². The highest BCUT2D eigenvalue weighted by molar-refractivity contribution is 5.68. The van der Waals surface area contributed by atoms with Crippen molar-refractivity contribution in [2.24, 2.45) is 0 Å². The molecule has 0 saturated carbocycles. The average molecular weight is 285 g/mol. The second-order valence-electron chi connectivity index (χ2n) is 7.50. The highest BCUT2D eigenvalue weighted by Crippen LogP contribution is 2.16. The van der Waals surface area contributed by atoms with Gasteiger partial charge in [-0.2, -0.15) is 0 Å². The minimum atomic E-state index is -0.421. The average Bonchev–Trinajstić information content (AvgIpc) is 2.72. The molecule has 1 unspecified atom stereocenters. The van der Waals surface area contributed by atoms with Crippen LogP contribution in [0.1, 0.15) is 41.0 Å². The van der Waals surface area contributed by atoms with Gasteiger partial charge in [-0.3, -0.25) is 0 Å². The number of carbonyl (C=O) groups is 1. The number of likely N-dealkylation sites (tertiary alicyclic amines) is 1. The maximum atomic E-state index is 12.0. The van der Waals surface area contributed by atoms with Gasteiger partial charge in [0.1, 0.15) is 5.60 Å². The largest absolute Gasteiger partial charge is 0.444 e. The maximum Gasteiger partial charge on any atom is 0.410 e. The number of rotatable bonds is 4. The summed E-state index contributed by atoms with van der Waals surface area (Å²) in [6, 6.07) is 0.363. The van der Waals surface area contributed by atoms with Gasteiger partial charge in [0.25, 0.3) is 0 Å². The van der Waals surface area contributed by atoms with Crippen LogP contribution in [0.25, 0.3) is 0 Å². The molecule has 1 amide bonds. The molecule has 1 atom stereocenters. The van der Waals surface area contributed by atoms with Crippen molar-refractivity contribution in [1.82, 2.24) is 15.1 Å². The molecule has 20 heavy (non-hydrogen) atoms. The number of hydrogen-bond donors (Lipinski definition) is 1. The van der Waals surface area contributed by atoms with Crippen LogP contribution in [0, 0.1) is 0 Å². The number of nitrogens with one attached hydrogen (secondary N) is 1. The summed E-state index contributed by atoms with van der Waals surface area (Å²) in [5.74, 6) is 0. The van der Waals surface area contributed by atoms with E-state index in [0.29, 0.717) is 6.04 Å². The third-order valence-electron chi connectivity index (χ3n) is 3.87. The number of nitrogens with zero attached hydrogens (tertiary/aromatic N) is 2. The predicted octanol–water partition coefficient (Wildman–Crippen LogP) is 1.93. The molecule has 0 radical (unpaired) electrons. The summed E-state index contributed by atoms with van der Waals surface area (Å²) >= 11 is 0. The molecule has 5 heteroatoms. The number of hydrogen-bond acceptors (Lipinski definition) is 4. The first-order chi connectivity index (χ1) is 9.01. The highest BCUT2D eigenvalue weighted by Gasteiger charge is 2.30. The smallest absolute Gasteiger partial charge is 0.410 e. The molecule has 118 valence electrons. The second kappa shape index (κ2) is 6.31. The molecule has 0 aromatic heterocycles. The van der Waals surface area contributed by atoms with E-state index in [-0.39, 0.29) is 11.6 Å². The van der Waals surface area contributed by atoms with E-state index in [2.05, 4.69) is 38.2 Å². The summed E-state index contributed by atoms with van der Waals surface area (Å²) < 4.78 is 5.40. The van der Waals surface area contributed by atoms with Gasteiger partial charge in [-0.05, 0) is 55.1 Å². The molecule has 1 heterocycles. The van der Waals surface area contributed by atoms with Crippen LogP contribution in [0.3, 0.4) is 0 Å². The Morgan fingerprint density at radius 1 is 1.30 bits per heavy atom. The summed E-state index contributed by atoms with van der Waals surface area (Å²) in [5, 5.41) is 3.56. The van der Waals surface area contributed by atoms with Crippen LogP contribution in [0.4, 0.5) is 4.79 Å². The Balaban J connectivity index is 2.39. The normalized spacial score (nSPS) is 20.6. The molecule has 1 rings (SSSR count). The molecule has 0 bridgehead atoms. The zero-order valence-electron chi connectivity index (χ0n) is 14.1. The van der Waals surface area contributed by atoms with Crippen molar-refractivity contribution in [2.45, 2.75) is 58.2 Å². The van der Waals surface area contributed by atoms with Crippen LogP contribution >= 0.6 is 0 Å². The van der Waals surface area contributed by atoms with Gasteiger partial charge in [-0.25, -0.2) is 4.79 Å². The fourth-order valence-corrected chi connectivity index (χ4v) is 1.97. The first kappa shape index (κ1) is 17.2. The Morgan fingerprint density at radius 3 is 2.40 bits per heavy atom. The van der Waals surface area contributed by atoms with Gasteiger partial charge in [0.05, 0.1) is 0 Å². The molecule has 0 spiro atoms. The lowest BCUT2D eigenvalue weighted by molar-refractivity contribution is 0.0290. The van der Waals surface area contributed by atoms with Gasteiger partial charge in [0.15, 0.2) is 0 Å². The first-order valence-electron chi connectivity index (χ1n) is 7.40. The minimum Gasteiger partial charge on any atom is -0.444 e. The van der Waals surface area contributed by atoms with Crippen LogP contribution < -0.4 is 5.32 Å². The third-order valence-corrected chi connectivity index (χ3v) is 3.87. The van der Waals surface area contributed by atoms with E-state index in [0.717, 1.165) is 26.1 Å². The van der Waals surface area contributed by atoms with Gasteiger partial charge in [0, 0.05) is 31.2 Å². The molecule has 0 aliphatic carbocycles. The summed E-state index contributed by atoms with van der Waals surface area (Å²) in [5.41, 5.74) is -0.311. The Labute approximate surface area is 123 Å². The van der Waals surface area contributed by atoms with E-state index in [9.17, 15) is 4.79 Å². The van der Waals surface area contributed by atoms with Crippen molar-refractivity contribution in [1.29, 1.82) is 0 Å². The van der Waals surface area contributed by atoms with Gasteiger partial charge < -0.3 is 19.9 Å². The van der Waals surface area contributed by atoms with Crippen LogP contribution in [0.15, 0.2) is 0 Å². The van der Waals surface area contributed by atoms with Crippen molar-refractivity contribution in [3.63, 3.8) is 0 Å². The third kappa shape index (κ3) is 5.29. The number of amides is 1. The minimum absolute atomic E-state index is 0.110. The zero-order valence-corrected chi connectivity index (χ0v) is 14.1. The van der Waals surface area contributed by atoms with Crippen molar-refractivity contribution < 1.29 is 9.53 Å². The Kier molecular flexibility index (Phi) is 5.44. The Morgan fingerprint density at radius 2 is 1.90 bits per heavy atom. The fraction of sp³-hybridized carbons (Fsp3) is 0.933. The molecule has 1 fully saturated rings. The lowest BCUT2D eigenvalue weighted by atomic mass is 10.0. The van der Waals surface area contributed by atoms with Gasteiger partial charge in [-0.15, -0.1) is 0 Å². The van der Waals surface area contributed by atoms with Gasteiger partial charge in [-0.1, -0.05) is 0 Å². The van der Waals surface area contributed by atoms with Gasteiger partial charge in [0.2, 0.25) is 0 Å². The van der Waals surface area contributed by atoms with Crippen LogP contribution in [0.2, 0.25) is 0 Å². The molecular weight excluding hydrogens is 254 g/mol. The Bertz CT molecular complexity index is 335. The molecule has 1 aliphatic rings. The standard InChI is InChI=1S/C15H31N3O2/c1-14(2,3)20-13(19)18-9-8-12(10-18)16-11-15(4,5)17(6)7/h12,16H,8-11H2,1-7H3. The zero-order chi connectivity index (χ0) is 15.6. The van der Waals surface area contributed by atoms with Crippen molar-refractivity contribution in [3.05, 3.63) is 0 Å².